The minimum Gasteiger partial charge on any atom is -0.481 e. The molecule has 0 amide bonds. The Labute approximate surface area is 162 Å². The van der Waals surface area contributed by atoms with E-state index in [0.29, 0.717) is 22.1 Å². The van der Waals surface area contributed by atoms with Crippen LogP contribution in [0.15, 0.2) is 21.8 Å². The first-order chi connectivity index (χ1) is 12.8. The van der Waals surface area contributed by atoms with E-state index in [0.717, 1.165) is 4.88 Å². The Bertz CT molecular complexity index is 882. The van der Waals surface area contributed by atoms with Crippen LogP contribution >= 0.6 is 23.1 Å². The molecule has 0 aliphatic carbocycles. The van der Waals surface area contributed by atoms with E-state index in [4.69, 9.17) is 16.6 Å². The summed E-state index contributed by atoms with van der Waals surface area (Å²) in [5.41, 5.74) is 10.7. The van der Waals surface area contributed by atoms with Crippen molar-refractivity contribution in [3.63, 3.8) is 0 Å². The molecule has 0 radical (unpaired) electrons. The van der Waals surface area contributed by atoms with Crippen LogP contribution in [0.4, 0.5) is 16.8 Å². The number of H-pyrrole nitrogens is 1. The fourth-order valence-corrected chi connectivity index (χ4v) is 4.17. The Hall–Kier alpha value is -2.73. The summed E-state index contributed by atoms with van der Waals surface area (Å²) < 4.78 is 0. The van der Waals surface area contributed by atoms with E-state index in [2.05, 4.69) is 15.3 Å². The number of carboxylic acids is 2. The van der Waals surface area contributed by atoms with Crippen LogP contribution in [0.1, 0.15) is 17.7 Å². The molecule has 0 aliphatic rings. The van der Waals surface area contributed by atoms with Crippen molar-refractivity contribution in [1.29, 1.82) is 0 Å². The van der Waals surface area contributed by atoms with E-state index in [9.17, 15) is 19.5 Å². The molecule has 12 heteroatoms. The number of hydrogen-bond acceptors (Lipinski definition) is 9. The van der Waals surface area contributed by atoms with Crippen molar-refractivity contribution in [2.45, 2.75) is 30.2 Å². The summed E-state index contributed by atoms with van der Waals surface area (Å²) >= 11 is 2.63. The highest BCUT2D eigenvalue weighted by Crippen LogP contribution is 2.26. The number of nitrogen functional groups attached to an aromatic ring is 2. The number of hydrogen-bond donors (Lipinski definition) is 6. The second-order valence-corrected chi connectivity index (χ2v) is 7.77. The topological polar surface area (TPSA) is 184 Å². The van der Waals surface area contributed by atoms with Gasteiger partial charge in [0.2, 0.25) is 5.95 Å². The summed E-state index contributed by atoms with van der Waals surface area (Å²) in [6, 6.07) is 2.62. The van der Waals surface area contributed by atoms with E-state index in [1.54, 1.807) is 6.07 Å². The number of aromatic amines is 1. The number of thioether (sulfide) groups is 1. The minimum absolute atomic E-state index is 0.0139. The number of carbonyl (C=O) groups is 2. The van der Waals surface area contributed by atoms with Crippen LogP contribution in [-0.2, 0) is 16.0 Å². The molecule has 0 saturated carbocycles. The fraction of sp³-hybridized carbons (Fsp3) is 0.333. The summed E-state index contributed by atoms with van der Waals surface area (Å²) in [5.74, 6) is -1.53. The van der Waals surface area contributed by atoms with Gasteiger partial charge < -0.3 is 27.0 Å². The van der Waals surface area contributed by atoms with Crippen LogP contribution in [0.3, 0.4) is 0 Å². The quantitative estimate of drug-likeness (QED) is 0.308. The predicted octanol–water partition coefficient (Wildman–Crippen LogP) is 1.06. The zero-order chi connectivity index (χ0) is 20.0. The molecule has 0 spiro atoms. The number of nitrogens with one attached hydrogen (secondary N) is 2. The Morgan fingerprint density at radius 1 is 1.33 bits per heavy atom. The number of nitrogens with two attached hydrogens (primary N) is 2. The lowest BCUT2D eigenvalue weighted by molar-refractivity contribution is -0.139. The Morgan fingerprint density at radius 3 is 2.70 bits per heavy atom. The average molecular weight is 413 g/mol. The lowest BCUT2D eigenvalue weighted by Crippen LogP contribution is -2.29. The van der Waals surface area contributed by atoms with E-state index in [-0.39, 0.29) is 30.2 Å². The van der Waals surface area contributed by atoms with Crippen molar-refractivity contribution >= 4 is 51.8 Å². The van der Waals surface area contributed by atoms with Crippen LogP contribution in [0.5, 0.6) is 0 Å². The Kier molecular flexibility index (Phi) is 7.07. The highest BCUT2D eigenvalue weighted by molar-refractivity contribution is 7.99. The molecule has 10 nitrogen and oxygen atoms in total. The van der Waals surface area contributed by atoms with Crippen molar-refractivity contribution in [2.24, 2.45) is 0 Å². The van der Waals surface area contributed by atoms with Crippen molar-refractivity contribution in [1.82, 2.24) is 9.97 Å². The maximum atomic E-state index is 11.8. The van der Waals surface area contributed by atoms with Crippen LogP contribution < -0.4 is 22.3 Å². The average Bonchev–Trinajstić information content (AvgIpc) is 3.00. The van der Waals surface area contributed by atoms with Crippen LogP contribution in [0.25, 0.3) is 0 Å². The number of aromatic nitrogens is 2. The lowest BCUT2D eigenvalue weighted by Gasteiger charge is -2.12. The first-order valence-electron chi connectivity index (χ1n) is 7.84. The molecule has 0 fully saturated rings. The summed E-state index contributed by atoms with van der Waals surface area (Å²) in [6.07, 6.45) is 0.386. The molecule has 0 aromatic carbocycles. The molecule has 0 unspecified atom stereocenters. The second kappa shape index (κ2) is 9.28. The molecule has 2 heterocycles. The van der Waals surface area contributed by atoms with Crippen molar-refractivity contribution < 1.29 is 19.8 Å². The van der Waals surface area contributed by atoms with Gasteiger partial charge in [-0.3, -0.25) is 14.6 Å². The number of aliphatic carboxylic acids is 2. The normalized spacial score (nSPS) is 11.9. The van der Waals surface area contributed by atoms with Crippen LogP contribution in [0.2, 0.25) is 0 Å². The summed E-state index contributed by atoms with van der Waals surface area (Å²) in [6.45, 7) is 0. The van der Waals surface area contributed by atoms with Crippen molar-refractivity contribution in [2.75, 3.05) is 22.5 Å². The van der Waals surface area contributed by atoms with Gasteiger partial charge >= 0.3 is 11.9 Å². The zero-order valence-corrected chi connectivity index (χ0v) is 15.7. The number of anilines is 3. The molecule has 2 aromatic heterocycles. The molecular formula is C15H19N5O5S2. The van der Waals surface area contributed by atoms with Gasteiger partial charge in [-0.15, -0.1) is 23.1 Å². The molecule has 27 heavy (non-hydrogen) atoms. The molecular weight excluding hydrogens is 394 g/mol. The first-order valence-corrected chi connectivity index (χ1v) is 9.64. The third-order valence-electron chi connectivity index (χ3n) is 3.44. The van der Waals surface area contributed by atoms with Gasteiger partial charge in [0.05, 0.1) is 5.00 Å². The summed E-state index contributed by atoms with van der Waals surface area (Å²) in [4.78, 5) is 41.2. The fourth-order valence-electron chi connectivity index (χ4n) is 2.18. The molecule has 2 aromatic rings. The maximum Gasteiger partial charge on any atom is 0.326 e. The Balaban J connectivity index is 1.91. The van der Waals surface area contributed by atoms with E-state index in [1.165, 1.54) is 23.1 Å². The SMILES string of the molecule is Nc1nc(N)c(SCCc2ccc(N[C@@H](CCC(=O)O)C(=O)O)s2)c(=O)[nH]1. The van der Waals surface area contributed by atoms with Gasteiger partial charge in [0.15, 0.2) is 0 Å². The number of aryl methyl sites for hydroxylation is 1. The highest BCUT2D eigenvalue weighted by Gasteiger charge is 2.19. The smallest absolute Gasteiger partial charge is 0.326 e. The van der Waals surface area contributed by atoms with Gasteiger partial charge in [-0.1, -0.05) is 0 Å². The number of thiophene rings is 1. The third kappa shape index (κ3) is 6.18. The summed E-state index contributed by atoms with van der Waals surface area (Å²) in [7, 11) is 0. The third-order valence-corrected chi connectivity index (χ3v) is 5.61. The van der Waals surface area contributed by atoms with Crippen molar-refractivity contribution in [3.05, 3.63) is 27.4 Å². The van der Waals surface area contributed by atoms with Crippen LogP contribution in [-0.4, -0.2) is 43.9 Å². The highest BCUT2D eigenvalue weighted by atomic mass is 32.2. The van der Waals surface area contributed by atoms with Gasteiger partial charge in [-0.05, 0) is 25.0 Å². The van der Waals surface area contributed by atoms with Crippen molar-refractivity contribution in [3.8, 4) is 0 Å². The van der Waals surface area contributed by atoms with Gasteiger partial charge in [-0.25, -0.2) is 4.79 Å². The van der Waals surface area contributed by atoms with E-state index in [1.807, 2.05) is 6.07 Å². The largest absolute Gasteiger partial charge is 0.481 e. The molecule has 0 saturated heterocycles. The second-order valence-electron chi connectivity index (χ2n) is 5.50. The number of carboxylic acid groups (broad SMARTS) is 2. The standard InChI is InChI=1S/C15H19N5O5S2/c16-12-11(13(23)20-15(17)19-12)26-6-5-7-1-3-9(27-7)18-8(14(24)25)2-4-10(21)22/h1,3,8,18H,2,4-6H2,(H,21,22)(H,24,25)(H5,16,17,19,20,23)/t8-/m0/s1. The first kappa shape index (κ1) is 20.6. The minimum atomic E-state index is -1.10. The molecule has 146 valence electrons. The number of rotatable bonds is 10. The maximum absolute atomic E-state index is 11.8. The lowest BCUT2D eigenvalue weighted by atomic mass is 10.1. The van der Waals surface area contributed by atoms with Gasteiger partial charge in [0.25, 0.3) is 5.56 Å². The molecule has 8 N–H and O–H groups in total. The van der Waals surface area contributed by atoms with Gasteiger partial charge in [-0.2, -0.15) is 4.98 Å². The Morgan fingerprint density at radius 2 is 2.07 bits per heavy atom. The van der Waals surface area contributed by atoms with E-state index < -0.39 is 18.0 Å². The molecule has 0 bridgehead atoms. The molecule has 1 atom stereocenters. The molecule has 0 aliphatic heterocycles. The molecule has 2 rings (SSSR count). The monoisotopic (exact) mass is 413 g/mol. The number of nitrogens with zero attached hydrogens (tertiary/aromatic N) is 1. The van der Waals surface area contributed by atoms with Gasteiger partial charge in [0, 0.05) is 17.1 Å². The zero-order valence-electron chi connectivity index (χ0n) is 14.1. The van der Waals surface area contributed by atoms with Gasteiger partial charge in [0.1, 0.15) is 16.8 Å². The predicted molar refractivity (Wildman–Crippen MR) is 104 cm³/mol. The van der Waals surface area contributed by atoms with Crippen LogP contribution in [0, 0.1) is 0 Å². The van der Waals surface area contributed by atoms with E-state index >= 15 is 0 Å². The summed E-state index contributed by atoms with van der Waals surface area (Å²) in [5, 5.41) is 21.3.